The van der Waals surface area contributed by atoms with E-state index in [4.69, 9.17) is 10.4 Å². The Morgan fingerprint density at radius 3 is 2.76 bits per heavy atom. The van der Waals surface area contributed by atoms with Crippen molar-refractivity contribution in [3.8, 4) is 6.07 Å². The normalized spacial score (nSPS) is 23.0. The molecule has 0 saturated heterocycles. The third-order valence-electron chi connectivity index (χ3n) is 5.16. The Balaban J connectivity index is 0.000000251. The molecule has 0 aliphatic heterocycles. The lowest BCUT2D eigenvalue weighted by Gasteiger charge is -2.37. The van der Waals surface area contributed by atoms with Crippen LogP contribution in [0.1, 0.15) is 76.8 Å². The zero-order valence-corrected chi connectivity index (χ0v) is 16.4. The first-order valence-electron chi connectivity index (χ1n) is 9.58. The standard InChI is InChI=1S/C12H24O.C10H10N2/c1-3-4-7-12(2)8-5-6-11(9-12)10-13;1-3-12-10-5-4-9(7-11)6-8(10)2/h11,13H,3-10H2,1-2H3;3-6H,1-2H3/t11-,12+;/m1./s1. The highest BCUT2D eigenvalue weighted by atomic mass is 16.3. The van der Waals surface area contributed by atoms with Crippen molar-refractivity contribution >= 4 is 11.9 Å². The second kappa shape index (κ2) is 11.1. The van der Waals surface area contributed by atoms with E-state index in [-0.39, 0.29) is 0 Å². The first-order valence-corrected chi connectivity index (χ1v) is 9.58. The van der Waals surface area contributed by atoms with Gasteiger partial charge in [0.2, 0.25) is 0 Å². The smallest absolute Gasteiger partial charge is 0.0991 e. The molecule has 25 heavy (non-hydrogen) atoms. The summed E-state index contributed by atoms with van der Waals surface area (Å²) in [5.74, 6) is 0.593. The zero-order valence-electron chi connectivity index (χ0n) is 16.4. The van der Waals surface area contributed by atoms with Crippen molar-refractivity contribution in [2.24, 2.45) is 16.3 Å². The summed E-state index contributed by atoms with van der Waals surface area (Å²) in [6, 6.07) is 7.55. The maximum atomic E-state index is 9.15. The van der Waals surface area contributed by atoms with Crippen molar-refractivity contribution in [3.05, 3.63) is 29.3 Å². The van der Waals surface area contributed by atoms with Gasteiger partial charge in [-0.05, 0) is 74.6 Å². The number of unbranched alkanes of at least 4 members (excludes halogenated alkanes) is 1. The Labute approximate surface area is 153 Å². The van der Waals surface area contributed by atoms with Gasteiger partial charge in [-0.25, -0.2) is 0 Å². The number of nitriles is 1. The molecule has 0 amide bonds. The minimum Gasteiger partial charge on any atom is -0.396 e. The van der Waals surface area contributed by atoms with E-state index in [0.29, 0.717) is 23.5 Å². The summed E-state index contributed by atoms with van der Waals surface area (Å²) in [4.78, 5) is 4.15. The first-order chi connectivity index (χ1) is 12.0. The van der Waals surface area contributed by atoms with Crippen LogP contribution < -0.4 is 0 Å². The molecule has 0 unspecified atom stereocenters. The Bertz CT molecular complexity index is 588. The van der Waals surface area contributed by atoms with Gasteiger partial charge in [-0.2, -0.15) is 5.26 Å². The van der Waals surface area contributed by atoms with Crippen LogP contribution in [0.4, 0.5) is 5.69 Å². The SMILES string of the molecule is CC=Nc1ccc(C#N)cc1C.CCCC[C@@]1(C)CCC[C@@H](CO)C1. The van der Waals surface area contributed by atoms with Crippen LogP contribution in [-0.4, -0.2) is 17.9 Å². The predicted octanol–water partition coefficient (Wildman–Crippen LogP) is 5.95. The summed E-state index contributed by atoms with van der Waals surface area (Å²) in [7, 11) is 0. The highest BCUT2D eigenvalue weighted by molar-refractivity contribution is 5.63. The van der Waals surface area contributed by atoms with E-state index < -0.39 is 0 Å². The molecule has 3 heteroatoms. The molecule has 1 aromatic carbocycles. The molecule has 1 aromatic rings. The fourth-order valence-electron chi connectivity index (χ4n) is 3.71. The number of aliphatic imine (C=N–C) groups is 1. The highest BCUT2D eigenvalue weighted by Gasteiger charge is 2.30. The van der Waals surface area contributed by atoms with E-state index in [0.717, 1.165) is 11.3 Å². The minimum atomic E-state index is 0.404. The van der Waals surface area contributed by atoms with Gasteiger partial charge in [0.05, 0.1) is 17.3 Å². The number of aliphatic hydroxyl groups is 1. The molecule has 1 fully saturated rings. The van der Waals surface area contributed by atoms with Crippen LogP contribution in [-0.2, 0) is 0 Å². The lowest BCUT2D eigenvalue weighted by atomic mass is 9.68. The monoisotopic (exact) mass is 342 g/mol. The topological polar surface area (TPSA) is 56.4 Å². The molecule has 3 nitrogen and oxygen atoms in total. The summed E-state index contributed by atoms with van der Waals surface area (Å²) in [6.07, 6.45) is 11.0. The van der Waals surface area contributed by atoms with Gasteiger partial charge in [0.1, 0.15) is 0 Å². The second-order valence-electron chi connectivity index (χ2n) is 7.56. The van der Waals surface area contributed by atoms with E-state index in [1.54, 1.807) is 12.3 Å². The number of nitrogens with zero attached hydrogens (tertiary/aromatic N) is 2. The molecule has 0 heterocycles. The van der Waals surface area contributed by atoms with Crippen molar-refractivity contribution in [2.75, 3.05) is 6.61 Å². The first kappa shape index (κ1) is 21.4. The van der Waals surface area contributed by atoms with Crippen molar-refractivity contribution < 1.29 is 5.11 Å². The van der Waals surface area contributed by atoms with Crippen LogP contribution in [0.2, 0.25) is 0 Å². The van der Waals surface area contributed by atoms with E-state index >= 15 is 0 Å². The number of aliphatic hydroxyl groups excluding tert-OH is 1. The van der Waals surface area contributed by atoms with Crippen LogP contribution in [0.15, 0.2) is 23.2 Å². The summed E-state index contributed by atoms with van der Waals surface area (Å²) in [5.41, 5.74) is 3.19. The number of hydrogen-bond donors (Lipinski definition) is 1. The van der Waals surface area contributed by atoms with Gasteiger partial charge in [-0.1, -0.05) is 33.1 Å². The van der Waals surface area contributed by atoms with Crippen molar-refractivity contribution in [3.63, 3.8) is 0 Å². The molecule has 0 bridgehead atoms. The largest absolute Gasteiger partial charge is 0.396 e. The summed E-state index contributed by atoms with van der Waals surface area (Å²) in [5, 5.41) is 17.7. The highest BCUT2D eigenvalue weighted by Crippen LogP contribution is 2.42. The van der Waals surface area contributed by atoms with E-state index in [1.807, 2.05) is 26.0 Å². The number of rotatable bonds is 5. The number of benzene rings is 1. The minimum absolute atomic E-state index is 0.404. The van der Waals surface area contributed by atoms with Crippen LogP contribution in [0, 0.1) is 29.6 Å². The maximum absolute atomic E-state index is 9.15. The molecule has 2 rings (SSSR count). The molecular weight excluding hydrogens is 308 g/mol. The summed E-state index contributed by atoms with van der Waals surface area (Å²) >= 11 is 0. The quantitative estimate of drug-likeness (QED) is 0.672. The third kappa shape index (κ3) is 7.40. The Hall–Kier alpha value is -1.66. The van der Waals surface area contributed by atoms with Gasteiger partial charge in [0.25, 0.3) is 0 Å². The Morgan fingerprint density at radius 1 is 1.44 bits per heavy atom. The van der Waals surface area contributed by atoms with E-state index in [2.05, 4.69) is 24.9 Å². The van der Waals surface area contributed by atoms with E-state index in [9.17, 15) is 0 Å². The Kier molecular flexibility index (Phi) is 9.45. The zero-order chi connectivity index (χ0) is 18.7. The Morgan fingerprint density at radius 2 is 2.20 bits per heavy atom. The van der Waals surface area contributed by atoms with Crippen molar-refractivity contribution in [2.45, 2.75) is 72.6 Å². The van der Waals surface area contributed by atoms with Crippen LogP contribution >= 0.6 is 0 Å². The average molecular weight is 343 g/mol. The predicted molar refractivity (Wildman–Crippen MR) is 106 cm³/mol. The van der Waals surface area contributed by atoms with Gasteiger partial charge in [0.15, 0.2) is 0 Å². The molecule has 0 aromatic heterocycles. The van der Waals surface area contributed by atoms with Crippen molar-refractivity contribution in [1.29, 1.82) is 5.26 Å². The fraction of sp³-hybridized carbons (Fsp3) is 0.636. The molecule has 1 aliphatic rings. The number of hydrogen-bond acceptors (Lipinski definition) is 3. The second-order valence-corrected chi connectivity index (χ2v) is 7.56. The maximum Gasteiger partial charge on any atom is 0.0991 e. The fourth-order valence-corrected chi connectivity index (χ4v) is 3.71. The van der Waals surface area contributed by atoms with Crippen LogP contribution in [0.3, 0.4) is 0 Å². The summed E-state index contributed by atoms with van der Waals surface area (Å²) in [6.45, 7) is 8.89. The van der Waals surface area contributed by atoms with Crippen LogP contribution in [0.5, 0.6) is 0 Å². The molecule has 1 N–H and O–H groups in total. The van der Waals surface area contributed by atoms with Crippen LogP contribution in [0.25, 0.3) is 0 Å². The molecular formula is C22H34N2O. The van der Waals surface area contributed by atoms with Gasteiger partial charge >= 0.3 is 0 Å². The molecule has 0 radical (unpaired) electrons. The van der Waals surface area contributed by atoms with Gasteiger partial charge in [-0.3, -0.25) is 4.99 Å². The third-order valence-corrected chi connectivity index (χ3v) is 5.16. The molecule has 0 spiro atoms. The van der Waals surface area contributed by atoms with Gasteiger partial charge < -0.3 is 5.11 Å². The summed E-state index contributed by atoms with van der Waals surface area (Å²) < 4.78 is 0. The average Bonchev–Trinajstić information content (AvgIpc) is 2.62. The van der Waals surface area contributed by atoms with Crippen molar-refractivity contribution in [1.82, 2.24) is 0 Å². The molecule has 138 valence electrons. The molecule has 1 saturated carbocycles. The van der Waals surface area contributed by atoms with Gasteiger partial charge in [0, 0.05) is 12.8 Å². The molecule has 2 atom stereocenters. The lowest BCUT2D eigenvalue weighted by Crippen LogP contribution is -2.27. The van der Waals surface area contributed by atoms with E-state index in [1.165, 1.54) is 44.9 Å². The molecule has 1 aliphatic carbocycles. The van der Waals surface area contributed by atoms with Gasteiger partial charge in [-0.15, -0.1) is 0 Å². The lowest BCUT2D eigenvalue weighted by molar-refractivity contribution is 0.0978. The number of aryl methyl sites for hydroxylation is 1.